The fraction of sp³-hybridized carbons (Fsp3) is 0.588. The van der Waals surface area contributed by atoms with Gasteiger partial charge in [0, 0.05) is 37.8 Å². The Morgan fingerprint density at radius 3 is 2.88 bits per heavy atom. The number of likely N-dealkylation sites (tertiary alicyclic amines) is 1. The van der Waals surface area contributed by atoms with Gasteiger partial charge >= 0.3 is 0 Å². The predicted molar refractivity (Wildman–Crippen MR) is 87.4 cm³/mol. The van der Waals surface area contributed by atoms with E-state index in [1.807, 2.05) is 17.9 Å². The number of carbonyl (C=O) groups excluding carboxylic acids is 1. The van der Waals surface area contributed by atoms with Crippen LogP contribution in [0.2, 0.25) is 0 Å². The topological polar surface area (TPSA) is 78.3 Å². The number of rotatable bonds is 2. The van der Waals surface area contributed by atoms with Crippen molar-refractivity contribution < 1.29 is 9.32 Å². The molecule has 0 aliphatic carbocycles. The van der Waals surface area contributed by atoms with Crippen molar-refractivity contribution in [3.63, 3.8) is 0 Å². The summed E-state index contributed by atoms with van der Waals surface area (Å²) in [5, 5.41) is 3.85. The van der Waals surface area contributed by atoms with E-state index in [1.165, 1.54) is 11.4 Å². The molecule has 0 bridgehead atoms. The summed E-state index contributed by atoms with van der Waals surface area (Å²) in [6.07, 6.45) is 4.94. The molecule has 1 saturated heterocycles. The molecule has 0 atom stereocenters. The molecule has 7 nitrogen and oxygen atoms in total. The van der Waals surface area contributed by atoms with Gasteiger partial charge in [0.1, 0.15) is 5.76 Å². The molecule has 7 heteroatoms. The van der Waals surface area contributed by atoms with Crippen LogP contribution in [0.4, 0.5) is 0 Å². The number of hydrogen-bond donors (Lipinski definition) is 1. The Morgan fingerprint density at radius 2 is 2.17 bits per heavy atom. The highest BCUT2D eigenvalue weighted by atomic mass is 16.5. The summed E-state index contributed by atoms with van der Waals surface area (Å²) in [4.78, 5) is 24.8. The molecule has 2 aromatic rings. The minimum Gasteiger partial charge on any atom is -0.361 e. The Kier molecular flexibility index (Phi) is 3.68. The molecule has 1 fully saturated rings. The smallest absolute Gasteiger partial charge is 0.230 e. The van der Waals surface area contributed by atoms with Crippen LogP contribution in [0.25, 0.3) is 0 Å². The van der Waals surface area contributed by atoms with E-state index in [0.717, 1.165) is 44.6 Å². The Hall–Kier alpha value is -2.15. The second-order valence-electron chi connectivity index (χ2n) is 6.93. The number of likely N-dealkylation sites (N-methyl/N-ethyl adjacent to an activating group) is 1. The Labute approximate surface area is 141 Å². The number of nitrogens with one attached hydrogen (secondary N) is 1. The first-order chi connectivity index (χ1) is 11.6. The monoisotopic (exact) mass is 329 g/mol. The molecule has 4 heterocycles. The third-order valence-corrected chi connectivity index (χ3v) is 5.53. The van der Waals surface area contributed by atoms with Crippen molar-refractivity contribution in [2.45, 2.75) is 38.1 Å². The van der Waals surface area contributed by atoms with Gasteiger partial charge in [0.15, 0.2) is 0 Å². The molecule has 2 aliphatic rings. The molecule has 128 valence electrons. The van der Waals surface area contributed by atoms with Crippen LogP contribution in [-0.4, -0.2) is 57.5 Å². The number of hydrogen-bond acceptors (Lipinski definition) is 5. The second-order valence-corrected chi connectivity index (χ2v) is 6.93. The average molecular weight is 329 g/mol. The van der Waals surface area contributed by atoms with E-state index in [9.17, 15) is 4.79 Å². The lowest BCUT2D eigenvalue weighted by atomic mass is 9.79. The van der Waals surface area contributed by atoms with Gasteiger partial charge < -0.3 is 14.4 Å². The average Bonchev–Trinajstić information content (AvgIpc) is 3.21. The normalized spacial score (nSPS) is 20.3. The molecule has 0 saturated carbocycles. The molecule has 4 rings (SSSR count). The van der Waals surface area contributed by atoms with E-state index in [4.69, 9.17) is 4.52 Å². The number of carbonyl (C=O) groups is 1. The number of amides is 1. The molecule has 2 aliphatic heterocycles. The first kappa shape index (κ1) is 15.4. The van der Waals surface area contributed by atoms with Crippen molar-refractivity contribution in [1.82, 2.24) is 24.9 Å². The van der Waals surface area contributed by atoms with Crippen LogP contribution in [0.3, 0.4) is 0 Å². The van der Waals surface area contributed by atoms with E-state index in [2.05, 4.69) is 27.1 Å². The van der Waals surface area contributed by atoms with Crippen LogP contribution in [-0.2, 0) is 23.2 Å². The Balaban J connectivity index is 1.46. The van der Waals surface area contributed by atoms with E-state index in [1.54, 1.807) is 6.33 Å². The number of imidazole rings is 1. The first-order valence-electron chi connectivity index (χ1n) is 8.52. The highest BCUT2D eigenvalue weighted by molar-refractivity contribution is 5.78. The highest BCUT2D eigenvalue weighted by Gasteiger charge is 2.45. The van der Waals surface area contributed by atoms with E-state index < -0.39 is 0 Å². The van der Waals surface area contributed by atoms with Gasteiger partial charge in [-0.1, -0.05) is 5.16 Å². The molecule has 0 aromatic carbocycles. The van der Waals surface area contributed by atoms with Crippen LogP contribution in [0, 0.1) is 6.92 Å². The van der Waals surface area contributed by atoms with Gasteiger partial charge in [0.2, 0.25) is 5.91 Å². The Bertz CT molecular complexity index is 742. The quantitative estimate of drug-likeness (QED) is 0.897. The van der Waals surface area contributed by atoms with Crippen molar-refractivity contribution in [1.29, 1.82) is 0 Å². The maximum atomic E-state index is 12.5. The number of H-pyrrole nitrogens is 1. The molecular formula is C17H23N5O2. The van der Waals surface area contributed by atoms with Crippen molar-refractivity contribution in [2.75, 3.05) is 26.7 Å². The molecule has 1 N–H and O–H groups in total. The second kappa shape index (κ2) is 5.73. The van der Waals surface area contributed by atoms with Crippen LogP contribution < -0.4 is 0 Å². The number of aromatic amines is 1. The van der Waals surface area contributed by atoms with Gasteiger partial charge in [-0.15, -0.1) is 0 Å². The standard InChI is InChI=1S/C17H23N5O2/c1-12-9-13(24-20-12)10-15(23)22-7-4-17(5-8-22)16-14(18-11-19-16)3-6-21(17)2/h9,11H,3-8,10H2,1-2H3,(H,18,19). The summed E-state index contributed by atoms with van der Waals surface area (Å²) < 4.78 is 5.17. The number of nitrogens with zero attached hydrogens (tertiary/aromatic N) is 4. The zero-order chi connectivity index (χ0) is 16.7. The lowest BCUT2D eigenvalue weighted by Gasteiger charge is -2.49. The van der Waals surface area contributed by atoms with Crippen molar-refractivity contribution in [3.05, 3.63) is 35.2 Å². The van der Waals surface area contributed by atoms with Gasteiger partial charge in [0.25, 0.3) is 0 Å². The predicted octanol–water partition coefficient (Wildman–Crippen LogP) is 1.25. The fourth-order valence-electron chi connectivity index (χ4n) is 4.09. The summed E-state index contributed by atoms with van der Waals surface area (Å²) in [5.74, 6) is 0.754. The molecule has 0 unspecified atom stereocenters. The molecular weight excluding hydrogens is 306 g/mol. The van der Waals surface area contributed by atoms with Gasteiger partial charge in [-0.05, 0) is 26.8 Å². The van der Waals surface area contributed by atoms with Gasteiger partial charge in [-0.2, -0.15) is 0 Å². The Morgan fingerprint density at radius 1 is 1.38 bits per heavy atom. The van der Waals surface area contributed by atoms with E-state index >= 15 is 0 Å². The SMILES string of the molecule is Cc1cc(CC(=O)N2CCC3(CC2)c2nc[nH]c2CCN3C)on1. The third-order valence-electron chi connectivity index (χ3n) is 5.53. The maximum absolute atomic E-state index is 12.5. The van der Waals surface area contributed by atoms with Crippen molar-refractivity contribution >= 4 is 5.91 Å². The number of piperidine rings is 1. The first-order valence-corrected chi connectivity index (χ1v) is 8.52. The molecule has 1 amide bonds. The molecule has 24 heavy (non-hydrogen) atoms. The fourth-order valence-corrected chi connectivity index (χ4v) is 4.09. The summed E-state index contributed by atoms with van der Waals surface area (Å²) in [6.45, 7) is 4.40. The zero-order valence-electron chi connectivity index (χ0n) is 14.2. The number of fused-ring (bicyclic) bond motifs is 2. The van der Waals surface area contributed by atoms with Crippen LogP contribution in [0.1, 0.15) is 35.7 Å². The number of aryl methyl sites for hydroxylation is 1. The summed E-state index contributed by atoms with van der Waals surface area (Å²) >= 11 is 0. The third kappa shape index (κ3) is 2.43. The molecule has 0 radical (unpaired) electrons. The van der Waals surface area contributed by atoms with Crippen molar-refractivity contribution in [3.8, 4) is 0 Å². The van der Waals surface area contributed by atoms with Crippen LogP contribution in [0.15, 0.2) is 16.9 Å². The number of aromatic nitrogens is 3. The van der Waals surface area contributed by atoms with E-state index in [0.29, 0.717) is 5.76 Å². The van der Waals surface area contributed by atoms with E-state index in [-0.39, 0.29) is 17.9 Å². The maximum Gasteiger partial charge on any atom is 0.230 e. The minimum absolute atomic E-state index is 0.0345. The molecule has 2 aromatic heterocycles. The molecule has 1 spiro atoms. The summed E-state index contributed by atoms with van der Waals surface area (Å²) in [6, 6.07) is 1.83. The van der Waals surface area contributed by atoms with Gasteiger partial charge in [-0.25, -0.2) is 4.98 Å². The summed E-state index contributed by atoms with van der Waals surface area (Å²) in [5.41, 5.74) is 3.21. The summed E-state index contributed by atoms with van der Waals surface area (Å²) in [7, 11) is 2.17. The van der Waals surface area contributed by atoms with Gasteiger partial charge in [-0.3, -0.25) is 9.69 Å². The minimum atomic E-state index is -0.0345. The highest BCUT2D eigenvalue weighted by Crippen LogP contribution is 2.41. The zero-order valence-corrected chi connectivity index (χ0v) is 14.2. The van der Waals surface area contributed by atoms with Crippen LogP contribution in [0.5, 0.6) is 0 Å². The lowest BCUT2D eigenvalue weighted by molar-refractivity contribution is -0.133. The lowest BCUT2D eigenvalue weighted by Crippen LogP contribution is -2.55. The van der Waals surface area contributed by atoms with Crippen LogP contribution >= 0.6 is 0 Å². The van der Waals surface area contributed by atoms with Gasteiger partial charge in [0.05, 0.1) is 29.7 Å². The van der Waals surface area contributed by atoms with Crippen molar-refractivity contribution in [2.24, 2.45) is 0 Å². The largest absolute Gasteiger partial charge is 0.361 e.